The monoisotopic (exact) mass is 256 g/mol. The van der Waals surface area contributed by atoms with Crippen molar-refractivity contribution in [2.75, 3.05) is 25.9 Å². The summed E-state index contributed by atoms with van der Waals surface area (Å²) in [4.78, 5) is 11.0. The predicted molar refractivity (Wildman–Crippen MR) is 61.0 cm³/mol. The Hall–Kier alpha value is -0.330. The summed E-state index contributed by atoms with van der Waals surface area (Å²) in [6.07, 6.45) is 1.22. The Balaban J connectivity index is 0.00000196. The van der Waals surface area contributed by atoms with Crippen molar-refractivity contribution in [1.29, 1.82) is 0 Å². The average Bonchev–Trinajstić information content (AvgIpc) is 2.18. The second kappa shape index (κ2) is 6.30. The minimum atomic E-state index is -3.25. The van der Waals surface area contributed by atoms with E-state index in [2.05, 4.69) is 10.6 Å². The van der Waals surface area contributed by atoms with Crippen molar-refractivity contribution in [3.8, 4) is 0 Å². The Kier molecular flexibility index (Phi) is 6.16. The van der Waals surface area contributed by atoms with Gasteiger partial charge in [-0.25, -0.2) is 8.42 Å². The third-order valence-electron chi connectivity index (χ3n) is 2.41. The van der Waals surface area contributed by atoms with Crippen LogP contribution in [0.3, 0.4) is 0 Å². The van der Waals surface area contributed by atoms with Gasteiger partial charge in [-0.05, 0) is 25.9 Å². The molecular weight excluding hydrogens is 240 g/mol. The number of halogens is 1. The molecule has 1 rings (SSSR count). The van der Waals surface area contributed by atoms with Crippen molar-refractivity contribution >= 4 is 28.2 Å². The lowest BCUT2D eigenvalue weighted by molar-refractivity contribution is -0.118. The molecule has 0 radical (unpaired) electrons. The SMILES string of the molecule is CNC(=O)CS(=O)(=O)C1CCNCC1.Cl. The largest absolute Gasteiger partial charge is 0.358 e. The molecule has 1 aliphatic heterocycles. The lowest BCUT2D eigenvalue weighted by atomic mass is 10.2. The molecule has 0 unspecified atom stereocenters. The van der Waals surface area contributed by atoms with Gasteiger partial charge < -0.3 is 10.6 Å². The highest BCUT2D eigenvalue weighted by Crippen LogP contribution is 2.13. The highest BCUT2D eigenvalue weighted by Gasteiger charge is 2.28. The van der Waals surface area contributed by atoms with Crippen molar-refractivity contribution in [3.63, 3.8) is 0 Å². The zero-order valence-electron chi connectivity index (χ0n) is 8.65. The summed E-state index contributed by atoms with van der Waals surface area (Å²) >= 11 is 0. The Morgan fingerprint density at radius 3 is 2.40 bits per heavy atom. The number of nitrogens with one attached hydrogen (secondary N) is 2. The van der Waals surface area contributed by atoms with Crippen LogP contribution in [0.4, 0.5) is 0 Å². The highest BCUT2D eigenvalue weighted by atomic mass is 35.5. The molecule has 1 saturated heterocycles. The van der Waals surface area contributed by atoms with E-state index >= 15 is 0 Å². The molecule has 0 aromatic carbocycles. The van der Waals surface area contributed by atoms with Crippen LogP contribution in [-0.4, -0.2) is 45.5 Å². The molecule has 0 bridgehead atoms. The average molecular weight is 257 g/mol. The number of piperidine rings is 1. The summed E-state index contributed by atoms with van der Waals surface area (Å²) in [6, 6.07) is 0. The van der Waals surface area contributed by atoms with Gasteiger partial charge in [-0.1, -0.05) is 0 Å². The molecule has 0 aliphatic carbocycles. The molecule has 0 spiro atoms. The maximum atomic E-state index is 11.7. The fourth-order valence-electron chi connectivity index (χ4n) is 1.53. The lowest BCUT2D eigenvalue weighted by Gasteiger charge is -2.22. The first-order valence-corrected chi connectivity index (χ1v) is 6.40. The van der Waals surface area contributed by atoms with Gasteiger partial charge in [-0.15, -0.1) is 12.4 Å². The van der Waals surface area contributed by atoms with Gasteiger partial charge in [0.05, 0.1) is 5.25 Å². The number of carbonyl (C=O) groups is 1. The van der Waals surface area contributed by atoms with E-state index in [1.54, 1.807) is 0 Å². The normalized spacial score (nSPS) is 17.9. The number of hydrogen-bond acceptors (Lipinski definition) is 4. The summed E-state index contributed by atoms with van der Waals surface area (Å²) in [5.74, 6) is -0.808. The van der Waals surface area contributed by atoms with Gasteiger partial charge in [-0.3, -0.25) is 4.79 Å². The van der Waals surface area contributed by atoms with Crippen molar-refractivity contribution in [1.82, 2.24) is 10.6 Å². The topological polar surface area (TPSA) is 75.3 Å². The van der Waals surface area contributed by atoms with Crippen LogP contribution in [-0.2, 0) is 14.6 Å². The van der Waals surface area contributed by atoms with Crippen LogP contribution >= 0.6 is 12.4 Å². The molecular formula is C8H17ClN2O3S. The Morgan fingerprint density at radius 2 is 1.93 bits per heavy atom. The van der Waals surface area contributed by atoms with E-state index in [0.717, 1.165) is 13.1 Å². The highest BCUT2D eigenvalue weighted by molar-refractivity contribution is 7.92. The first kappa shape index (κ1) is 14.7. The molecule has 0 aromatic rings. The molecule has 5 nitrogen and oxygen atoms in total. The molecule has 1 heterocycles. The molecule has 90 valence electrons. The number of amides is 1. The minimum Gasteiger partial charge on any atom is -0.358 e. The second-order valence-corrected chi connectivity index (χ2v) is 5.71. The number of rotatable bonds is 3. The molecule has 15 heavy (non-hydrogen) atoms. The van der Waals surface area contributed by atoms with Crippen LogP contribution < -0.4 is 10.6 Å². The summed E-state index contributed by atoms with van der Waals surface area (Å²) in [7, 11) is -1.80. The molecule has 0 saturated carbocycles. The zero-order chi connectivity index (χ0) is 10.6. The summed E-state index contributed by atoms with van der Waals surface area (Å²) < 4.78 is 23.3. The maximum Gasteiger partial charge on any atom is 0.234 e. The minimum absolute atomic E-state index is 0. The smallest absolute Gasteiger partial charge is 0.234 e. The lowest BCUT2D eigenvalue weighted by Crippen LogP contribution is -2.39. The van der Waals surface area contributed by atoms with Crippen LogP contribution in [0.25, 0.3) is 0 Å². The van der Waals surface area contributed by atoms with E-state index in [1.165, 1.54) is 7.05 Å². The van der Waals surface area contributed by atoms with E-state index in [4.69, 9.17) is 0 Å². The van der Waals surface area contributed by atoms with E-state index in [9.17, 15) is 13.2 Å². The standard InChI is InChI=1S/C8H16N2O3S.ClH/c1-9-8(11)6-14(12,13)7-2-4-10-5-3-7;/h7,10H,2-6H2,1H3,(H,9,11);1H. The van der Waals surface area contributed by atoms with Gasteiger partial charge in [-0.2, -0.15) is 0 Å². The molecule has 0 atom stereocenters. The number of carbonyl (C=O) groups excluding carboxylic acids is 1. The van der Waals surface area contributed by atoms with Crippen LogP contribution in [0.1, 0.15) is 12.8 Å². The van der Waals surface area contributed by atoms with Crippen LogP contribution in [0.15, 0.2) is 0 Å². The van der Waals surface area contributed by atoms with E-state index < -0.39 is 15.7 Å². The fourth-order valence-corrected chi connectivity index (χ4v) is 3.23. The Bertz CT molecular complexity index is 299. The van der Waals surface area contributed by atoms with E-state index in [-0.39, 0.29) is 23.4 Å². The quantitative estimate of drug-likeness (QED) is 0.702. The number of hydrogen-bond donors (Lipinski definition) is 2. The molecule has 1 aliphatic rings. The summed E-state index contributed by atoms with van der Waals surface area (Å²) in [6.45, 7) is 1.44. The molecule has 1 amide bonds. The second-order valence-electron chi connectivity index (χ2n) is 3.43. The molecule has 2 N–H and O–H groups in total. The molecule has 7 heteroatoms. The summed E-state index contributed by atoms with van der Waals surface area (Å²) in [5, 5.41) is 5.07. The molecule has 1 fully saturated rings. The van der Waals surface area contributed by atoms with Crippen molar-refractivity contribution in [3.05, 3.63) is 0 Å². The molecule has 0 aromatic heterocycles. The Labute approximate surface area is 96.3 Å². The van der Waals surface area contributed by atoms with Crippen LogP contribution in [0, 0.1) is 0 Å². The third-order valence-corrected chi connectivity index (χ3v) is 4.56. The Morgan fingerprint density at radius 1 is 1.40 bits per heavy atom. The third kappa shape index (κ3) is 4.36. The van der Waals surface area contributed by atoms with Crippen LogP contribution in [0.5, 0.6) is 0 Å². The van der Waals surface area contributed by atoms with Gasteiger partial charge in [0.25, 0.3) is 0 Å². The van der Waals surface area contributed by atoms with Gasteiger partial charge in [0.2, 0.25) is 5.91 Å². The van der Waals surface area contributed by atoms with Crippen molar-refractivity contribution in [2.24, 2.45) is 0 Å². The van der Waals surface area contributed by atoms with Crippen molar-refractivity contribution < 1.29 is 13.2 Å². The summed E-state index contributed by atoms with van der Waals surface area (Å²) in [5.41, 5.74) is 0. The van der Waals surface area contributed by atoms with Crippen LogP contribution in [0.2, 0.25) is 0 Å². The fraction of sp³-hybridized carbons (Fsp3) is 0.875. The predicted octanol–water partition coefficient (Wildman–Crippen LogP) is -0.679. The van der Waals surface area contributed by atoms with Gasteiger partial charge in [0.1, 0.15) is 5.75 Å². The van der Waals surface area contributed by atoms with Gasteiger partial charge in [0, 0.05) is 7.05 Å². The van der Waals surface area contributed by atoms with Gasteiger partial charge in [0.15, 0.2) is 9.84 Å². The first-order valence-electron chi connectivity index (χ1n) is 4.69. The number of sulfone groups is 1. The van der Waals surface area contributed by atoms with Crippen molar-refractivity contribution in [2.45, 2.75) is 18.1 Å². The first-order chi connectivity index (χ1) is 6.56. The van der Waals surface area contributed by atoms with E-state index in [0.29, 0.717) is 12.8 Å². The zero-order valence-corrected chi connectivity index (χ0v) is 10.3. The van der Waals surface area contributed by atoms with Gasteiger partial charge >= 0.3 is 0 Å². The maximum absolute atomic E-state index is 11.7. The van der Waals surface area contributed by atoms with E-state index in [1.807, 2.05) is 0 Å².